The van der Waals surface area contributed by atoms with E-state index in [9.17, 15) is 0 Å². The van der Waals surface area contributed by atoms with Gasteiger partial charge >= 0.3 is 0 Å². The van der Waals surface area contributed by atoms with Gasteiger partial charge in [-0.25, -0.2) is 0 Å². The van der Waals surface area contributed by atoms with E-state index in [4.69, 9.17) is 5.84 Å². The molecule has 1 unspecified atom stereocenters. The van der Waals surface area contributed by atoms with E-state index in [1.54, 1.807) is 0 Å². The maximum absolute atomic E-state index is 5.66. The zero-order valence-electron chi connectivity index (χ0n) is 11.6. The minimum absolute atomic E-state index is 0.487. The fourth-order valence-corrected chi connectivity index (χ4v) is 3.15. The molecule has 2 nitrogen and oxygen atoms in total. The molecule has 1 saturated carbocycles. The van der Waals surface area contributed by atoms with E-state index in [1.807, 2.05) is 0 Å². The van der Waals surface area contributed by atoms with Crippen LogP contribution in [0.4, 0.5) is 0 Å². The molecule has 0 spiro atoms. The number of hydrogen-bond donors (Lipinski definition) is 2. The monoisotopic (exact) mass is 226 g/mol. The molecule has 0 amide bonds. The zero-order chi connectivity index (χ0) is 12.2. The third-order valence-electron chi connectivity index (χ3n) is 4.38. The van der Waals surface area contributed by atoms with Crippen LogP contribution >= 0.6 is 0 Å². The summed E-state index contributed by atoms with van der Waals surface area (Å²) >= 11 is 0. The predicted molar refractivity (Wildman–Crippen MR) is 70.9 cm³/mol. The molecular formula is C14H30N2. The van der Waals surface area contributed by atoms with Gasteiger partial charge in [0.1, 0.15) is 0 Å². The average Bonchev–Trinajstić information content (AvgIpc) is 2.25. The lowest BCUT2D eigenvalue weighted by Gasteiger charge is -2.39. The summed E-state index contributed by atoms with van der Waals surface area (Å²) in [7, 11) is 0. The van der Waals surface area contributed by atoms with Gasteiger partial charge < -0.3 is 0 Å². The highest BCUT2D eigenvalue weighted by Crippen LogP contribution is 2.40. The van der Waals surface area contributed by atoms with Crippen molar-refractivity contribution >= 4 is 0 Å². The van der Waals surface area contributed by atoms with Crippen LogP contribution in [0.25, 0.3) is 0 Å². The average molecular weight is 226 g/mol. The van der Waals surface area contributed by atoms with E-state index >= 15 is 0 Å². The van der Waals surface area contributed by atoms with Crippen LogP contribution in [-0.2, 0) is 0 Å². The predicted octanol–water partition coefficient (Wildman–Crippen LogP) is 3.47. The Balaban J connectivity index is 2.41. The summed E-state index contributed by atoms with van der Waals surface area (Å²) in [6.07, 6.45) is 7.94. The summed E-state index contributed by atoms with van der Waals surface area (Å²) in [4.78, 5) is 0. The van der Waals surface area contributed by atoms with E-state index in [1.165, 1.54) is 38.5 Å². The van der Waals surface area contributed by atoms with Crippen molar-refractivity contribution in [2.75, 3.05) is 0 Å². The Labute approximate surface area is 101 Å². The van der Waals surface area contributed by atoms with Crippen LogP contribution in [0.2, 0.25) is 0 Å². The highest BCUT2D eigenvalue weighted by atomic mass is 15.2. The Kier molecular flexibility index (Phi) is 5.26. The van der Waals surface area contributed by atoms with Crippen LogP contribution in [0.15, 0.2) is 0 Å². The molecule has 1 atom stereocenters. The van der Waals surface area contributed by atoms with Crippen molar-refractivity contribution < 1.29 is 0 Å². The van der Waals surface area contributed by atoms with E-state index in [-0.39, 0.29) is 0 Å². The third-order valence-corrected chi connectivity index (χ3v) is 4.38. The van der Waals surface area contributed by atoms with E-state index in [0.29, 0.717) is 11.5 Å². The molecule has 0 aromatic heterocycles. The van der Waals surface area contributed by atoms with Crippen LogP contribution in [0.5, 0.6) is 0 Å². The van der Waals surface area contributed by atoms with Gasteiger partial charge in [0.25, 0.3) is 0 Å². The summed E-state index contributed by atoms with van der Waals surface area (Å²) in [5.41, 5.74) is 3.51. The van der Waals surface area contributed by atoms with Crippen LogP contribution in [0.1, 0.15) is 66.2 Å². The van der Waals surface area contributed by atoms with Crippen molar-refractivity contribution in [1.82, 2.24) is 5.43 Å². The van der Waals surface area contributed by atoms with Crippen molar-refractivity contribution in [2.45, 2.75) is 72.3 Å². The normalized spacial score (nSPS) is 29.1. The molecule has 16 heavy (non-hydrogen) atoms. The quantitative estimate of drug-likeness (QED) is 0.569. The second-order valence-corrected chi connectivity index (χ2v) is 6.54. The van der Waals surface area contributed by atoms with Gasteiger partial charge in [-0.1, -0.05) is 34.1 Å². The number of rotatable bonds is 4. The van der Waals surface area contributed by atoms with E-state index < -0.39 is 0 Å². The second kappa shape index (κ2) is 6.02. The molecule has 1 aliphatic carbocycles. The van der Waals surface area contributed by atoms with Crippen molar-refractivity contribution in [3.63, 3.8) is 0 Å². The van der Waals surface area contributed by atoms with Gasteiger partial charge in [-0.3, -0.25) is 11.3 Å². The van der Waals surface area contributed by atoms with Gasteiger partial charge in [-0.05, 0) is 49.4 Å². The van der Waals surface area contributed by atoms with Crippen LogP contribution < -0.4 is 11.3 Å². The first kappa shape index (κ1) is 14.0. The third kappa shape index (κ3) is 3.74. The summed E-state index contributed by atoms with van der Waals surface area (Å²) < 4.78 is 0. The van der Waals surface area contributed by atoms with Crippen LogP contribution in [-0.4, -0.2) is 6.04 Å². The number of nitrogens with one attached hydrogen (secondary N) is 1. The minimum Gasteiger partial charge on any atom is -0.271 e. The molecular weight excluding hydrogens is 196 g/mol. The van der Waals surface area contributed by atoms with E-state index in [0.717, 1.165) is 11.8 Å². The van der Waals surface area contributed by atoms with E-state index in [2.05, 4.69) is 33.1 Å². The van der Waals surface area contributed by atoms with Crippen molar-refractivity contribution in [3.05, 3.63) is 0 Å². The maximum atomic E-state index is 5.66. The first-order valence-electron chi connectivity index (χ1n) is 6.95. The molecule has 0 aliphatic heterocycles. The molecule has 0 bridgehead atoms. The Bertz CT molecular complexity index is 187. The van der Waals surface area contributed by atoms with Gasteiger partial charge in [-0.15, -0.1) is 0 Å². The van der Waals surface area contributed by atoms with Gasteiger partial charge in [0, 0.05) is 6.04 Å². The molecule has 3 N–H and O–H groups in total. The Hall–Kier alpha value is -0.0800. The lowest BCUT2D eigenvalue weighted by atomic mass is 9.68. The second-order valence-electron chi connectivity index (χ2n) is 6.54. The number of nitrogens with two attached hydrogens (primary N) is 1. The summed E-state index contributed by atoms with van der Waals surface area (Å²) in [6, 6.07) is 0.547. The van der Waals surface area contributed by atoms with Gasteiger partial charge in [0.15, 0.2) is 0 Å². The fourth-order valence-electron chi connectivity index (χ4n) is 3.15. The lowest BCUT2D eigenvalue weighted by molar-refractivity contribution is 0.130. The van der Waals surface area contributed by atoms with Crippen molar-refractivity contribution in [3.8, 4) is 0 Å². The molecule has 0 saturated heterocycles. The zero-order valence-corrected chi connectivity index (χ0v) is 11.6. The smallest absolute Gasteiger partial charge is 0.0238 e. The first-order valence-corrected chi connectivity index (χ1v) is 6.95. The largest absolute Gasteiger partial charge is 0.271 e. The Morgan fingerprint density at radius 2 is 1.75 bits per heavy atom. The number of hydrogen-bond acceptors (Lipinski definition) is 2. The summed E-state index contributed by atoms with van der Waals surface area (Å²) in [5.74, 6) is 7.38. The Morgan fingerprint density at radius 1 is 1.19 bits per heavy atom. The summed E-state index contributed by atoms with van der Waals surface area (Å²) in [6.45, 7) is 9.37. The molecule has 2 heteroatoms. The highest BCUT2D eigenvalue weighted by molar-refractivity contribution is 4.84. The van der Waals surface area contributed by atoms with Crippen molar-refractivity contribution in [2.24, 2.45) is 23.1 Å². The maximum Gasteiger partial charge on any atom is 0.0238 e. The molecule has 1 fully saturated rings. The van der Waals surface area contributed by atoms with Crippen LogP contribution in [0, 0.1) is 17.3 Å². The summed E-state index contributed by atoms with van der Waals surface area (Å²) in [5, 5.41) is 0. The molecule has 0 heterocycles. The fraction of sp³-hybridized carbons (Fsp3) is 1.00. The molecule has 0 radical (unpaired) electrons. The SMILES string of the molecule is CCCC(NN)C1CCC(C(C)(C)C)CC1. The van der Waals surface area contributed by atoms with Gasteiger partial charge in [0.05, 0.1) is 0 Å². The molecule has 0 aromatic carbocycles. The minimum atomic E-state index is 0.487. The number of hydrazine groups is 1. The first-order chi connectivity index (χ1) is 7.49. The van der Waals surface area contributed by atoms with Gasteiger partial charge in [-0.2, -0.15) is 0 Å². The molecule has 0 aromatic rings. The Morgan fingerprint density at radius 3 is 2.12 bits per heavy atom. The molecule has 1 rings (SSSR count). The van der Waals surface area contributed by atoms with Crippen LogP contribution in [0.3, 0.4) is 0 Å². The van der Waals surface area contributed by atoms with Crippen molar-refractivity contribution in [1.29, 1.82) is 0 Å². The molecule has 96 valence electrons. The van der Waals surface area contributed by atoms with Gasteiger partial charge in [0.2, 0.25) is 0 Å². The lowest BCUT2D eigenvalue weighted by Crippen LogP contribution is -2.42. The standard InChI is InChI=1S/C14H30N2/c1-5-6-13(16-15)11-7-9-12(10-8-11)14(2,3)4/h11-13,16H,5-10,15H2,1-4H3. The highest BCUT2D eigenvalue weighted by Gasteiger charge is 2.32. The molecule has 1 aliphatic rings. The topological polar surface area (TPSA) is 38.0 Å².